The van der Waals surface area contributed by atoms with Gasteiger partial charge in [0.25, 0.3) is 0 Å². The van der Waals surface area contributed by atoms with Crippen LogP contribution in [0.4, 0.5) is 0 Å². The number of ketones is 1. The molecule has 0 aliphatic rings. The fraction of sp³-hybridized carbons (Fsp3) is 0.188. The van der Waals surface area contributed by atoms with Crippen LogP contribution in [0.25, 0.3) is 0 Å². The molecule has 0 aliphatic heterocycles. The van der Waals surface area contributed by atoms with Crippen LogP contribution in [-0.4, -0.2) is 16.8 Å². The van der Waals surface area contributed by atoms with Gasteiger partial charge in [-0.1, -0.05) is 60.1 Å². The molecule has 4 heteroatoms. The van der Waals surface area contributed by atoms with Crippen molar-refractivity contribution in [2.75, 3.05) is 5.88 Å². The standard InChI is InChI=1S/C8H9ClO.C8H7ClO/c1-6(10)7-4-2-3-5-8(7)9;9-6-8(10)7-4-2-1-3-5-7/h2-6,10H,1H3;1-5H,6H2. The van der Waals surface area contributed by atoms with E-state index in [2.05, 4.69) is 0 Å². The summed E-state index contributed by atoms with van der Waals surface area (Å²) in [7, 11) is 0. The summed E-state index contributed by atoms with van der Waals surface area (Å²) in [6.07, 6.45) is -0.478. The summed E-state index contributed by atoms with van der Waals surface area (Å²) in [5.41, 5.74) is 1.46. The Balaban J connectivity index is 0.000000200. The molecule has 0 amide bonds. The number of aliphatic hydroxyl groups is 1. The van der Waals surface area contributed by atoms with E-state index in [1.807, 2.05) is 36.4 Å². The molecule has 0 fully saturated rings. The van der Waals surface area contributed by atoms with E-state index < -0.39 is 6.10 Å². The number of rotatable bonds is 3. The van der Waals surface area contributed by atoms with Crippen LogP contribution in [0.3, 0.4) is 0 Å². The SMILES string of the molecule is CC(O)c1ccccc1Cl.O=C(CCl)c1ccccc1. The van der Waals surface area contributed by atoms with Crippen LogP contribution >= 0.6 is 23.2 Å². The van der Waals surface area contributed by atoms with Gasteiger partial charge in [0.2, 0.25) is 0 Å². The number of benzene rings is 2. The number of Topliss-reactive ketones (excluding diaryl/α,β-unsaturated/α-hetero) is 1. The fourth-order valence-electron chi connectivity index (χ4n) is 1.52. The quantitative estimate of drug-likeness (QED) is 0.669. The molecule has 2 nitrogen and oxygen atoms in total. The Morgan fingerprint density at radius 2 is 1.65 bits per heavy atom. The van der Waals surface area contributed by atoms with Crippen molar-refractivity contribution in [3.8, 4) is 0 Å². The van der Waals surface area contributed by atoms with Crippen molar-refractivity contribution in [3.05, 3.63) is 70.7 Å². The van der Waals surface area contributed by atoms with Crippen LogP contribution in [0.5, 0.6) is 0 Å². The van der Waals surface area contributed by atoms with Gasteiger partial charge >= 0.3 is 0 Å². The Morgan fingerprint density at radius 3 is 2.10 bits per heavy atom. The minimum atomic E-state index is -0.478. The Morgan fingerprint density at radius 1 is 1.10 bits per heavy atom. The summed E-state index contributed by atoms with van der Waals surface area (Å²) in [5.74, 6) is 0.0339. The van der Waals surface area contributed by atoms with Gasteiger partial charge in [-0.15, -0.1) is 11.6 Å². The third-order valence-corrected chi connectivity index (χ3v) is 3.16. The first-order chi connectivity index (χ1) is 9.56. The smallest absolute Gasteiger partial charge is 0.177 e. The van der Waals surface area contributed by atoms with Gasteiger partial charge in [-0.2, -0.15) is 0 Å². The molecule has 2 rings (SSSR count). The lowest BCUT2D eigenvalue weighted by molar-refractivity contribution is 0.102. The molecule has 0 bridgehead atoms. The maximum Gasteiger partial charge on any atom is 0.177 e. The molecule has 1 N–H and O–H groups in total. The summed E-state index contributed by atoms with van der Waals surface area (Å²) >= 11 is 11.1. The zero-order valence-electron chi connectivity index (χ0n) is 11.1. The monoisotopic (exact) mass is 310 g/mol. The maximum atomic E-state index is 10.9. The second-order valence-corrected chi connectivity index (χ2v) is 4.79. The van der Waals surface area contributed by atoms with E-state index >= 15 is 0 Å². The summed E-state index contributed by atoms with van der Waals surface area (Å²) in [6.45, 7) is 1.70. The molecule has 1 atom stereocenters. The molecule has 20 heavy (non-hydrogen) atoms. The van der Waals surface area contributed by atoms with Crippen LogP contribution in [-0.2, 0) is 0 Å². The highest BCUT2D eigenvalue weighted by Gasteiger charge is 2.03. The highest BCUT2D eigenvalue weighted by molar-refractivity contribution is 6.31. The van der Waals surface area contributed by atoms with E-state index in [-0.39, 0.29) is 11.7 Å². The van der Waals surface area contributed by atoms with Gasteiger partial charge in [0.1, 0.15) is 0 Å². The predicted octanol–water partition coefficient (Wildman–Crippen LogP) is 4.50. The van der Waals surface area contributed by atoms with Gasteiger partial charge in [0, 0.05) is 10.6 Å². The van der Waals surface area contributed by atoms with Crippen LogP contribution in [0.15, 0.2) is 54.6 Å². The molecule has 0 heterocycles. The summed E-state index contributed by atoms with van der Waals surface area (Å²) < 4.78 is 0. The Hall–Kier alpha value is -1.35. The number of carbonyl (C=O) groups is 1. The van der Waals surface area contributed by atoms with Gasteiger partial charge in [0.15, 0.2) is 5.78 Å². The van der Waals surface area contributed by atoms with Gasteiger partial charge in [-0.3, -0.25) is 4.79 Å². The van der Waals surface area contributed by atoms with E-state index in [1.54, 1.807) is 25.1 Å². The van der Waals surface area contributed by atoms with Crippen LogP contribution in [0.2, 0.25) is 5.02 Å². The number of aliphatic hydroxyl groups excluding tert-OH is 1. The van der Waals surface area contributed by atoms with Gasteiger partial charge in [0.05, 0.1) is 12.0 Å². The minimum absolute atomic E-state index is 0.0257. The Kier molecular flexibility index (Phi) is 7.31. The summed E-state index contributed by atoms with van der Waals surface area (Å²) in [4.78, 5) is 10.9. The molecule has 2 aromatic rings. The van der Waals surface area contributed by atoms with E-state index in [0.29, 0.717) is 10.6 Å². The normalized spacial score (nSPS) is 11.2. The molecule has 0 radical (unpaired) electrons. The largest absolute Gasteiger partial charge is 0.389 e. The topological polar surface area (TPSA) is 37.3 Å². The van der Waals surface area contributed by atoms with E-state index in [9.17, 15) is 4.79 Å². The summed E-state index contributed by atoms with van der Waals surface area (Å²) in [5, 5.41) is 9.74. The van der Waals surface area contributed by atoms with Gasteiger partial charge in [-0.25, -0.2) is 0 Å². The molecular weight excluding hydrogens is 295 g/mol. The second kappa shape index (κ2) is 8.75. The molecular formula is C16H16Cl2O2. The lowest BCUT2D eigenvalue weighted by Gasteiger charge is -2.04. The van der Waals surface area contributed by atoms with Crippen LogP contribution < -0.4 is 0 Å². The first-order valence-corrected chi connectivity index (χ1v) is 7.04. The average molecular weight is 311 g/mol. The third-order valence-electron chi connectivity index (χ3n) is 2.57. The predicted molar refractivity (Wildman–Crippen MR) is 83.6 cm³/mol. The summed E-state index contributed by atoms with van der Waals surface area (Å²) in [6, 6.07) is 16.3. The fourth-order valence-corrected chi connectivity index (χ4v) is 1.96. The zero-order valence-corrected chi connectivity index (χ0v) is 12.6. The first kappa shape index (κ1) is 16.7. The third kappa shape index (κ3) is 5.33. The van der Waals surface area contributed by atoms with E-state index in [0.717, 1.165) is 5.56 Å². The number of halogens is 2. The molecule has 0 spiro atoms. The van der Waals surface area contributed by atoms with Gasteiger partial charge < -0.3 is 5.11 Å². The number of carbonyl (C=O) groups excluding carboxylic acids is 1. The van der Waals surface area contributed by atoms with E-state index in [4.69, 9.17) is 28.3 Å². The average Bonchev–Trinajstić information content (AvgIpc) is 2.48. The minimum Gasteiger partial charge on any atom is -0.389 e. The second-order valence-electron chi connectivity index (χ2n) is 4.12. The van der Waals surface area contributed by atoms with Crippen LogP contribution in [0, 0.1) is 0 Å². The molecule has 0 saturated carbocycles. The van der Waals surface area contributed by atoms with Crippen molar-refractivity contribution >= 4 is 29.0 Å². The molecule has 106 valence electrons. The van der Waals surface area contributed by atoms with Crippen molar-refractivity contribution in [2.45, 2.75) is 13.0 Å². The number of hydrogen-bond donors (Lipinski definition) is 1. The van der Waals surface area contributed by atoms with Crippen molar-refractivity contribution in [1.82, 2.24) is 0 Å². The lowest BCUT2D eigenvalue weighted by Crippen LogP contribution is -1.98. The van der Waals surface area contributed by atoms with Crippen molar-refractivity contribution < 1.29 is 9.90 Å². The van der Waals surface area contributed by atoms with Crippen LogP contribution in [0.1, 0.15) is 28.9 Å². The maximum absolute atomic E-state index is 10.9. The molecule has 1 unspecified atom stereocenters. The molecule has 0 aromatic heterocycles. The van der Waals surface area contributed by atoms with Gasteiger partial charge in [-0.05, 0) is 18.6 Å². The van der Waals surface area contributed by atoms with Crippen molar-refractivity contribution in [1.29, 1.82) is 0 Å². The zero-order chi connectivity index (χ0) is 15.0. The molecule has 2 aromatic carbocycles. The molecule has 0 saturated heterocycles. The Bertz CT molecular complexity index is 539. The molecule has 0 aliphatic carbocycles. The van der Waals surface area contributed by atoms with E-state index in [1.165, 1.54) is 0 Å². The highest BCUT2D eigenvalue weighted by Crippen LogP contribution is 2.21. The lowest BCUT2D eigenvalue weighted by atomic mass is 10.1. The van der Waals surface area contributed by atoms with Crippen molar-refractivity contribution in [2.24, 2.45) is 0 Å². The highest BCUT2D eigenvalue weighted by atomic mass is 35.5. The first-order valence-electron chi connectivity index (χ1n) is 6.13. The Labute approximate surface area is 129 Å². The van der Waals surface area contributed by atoms with Crippen molar-refractivity contribution in [3.63, 3.8) is 0 Å². The number of hydrogen-bond acceptors (Lipinski definition) is 2. The number of alkyl halides is 1.